The number of aryl methyl sites for hydroxylation is 1. The maximum Gasteiger partial charge on any atom is 0.251 e. The molecule has 0 radical (unpaired) electrons. The standard InChI is InChI=1S/C15H21NO2/c1-12-2-4-14(5-3-12)15(17)16-9-6-13-7-10-18-11-8-13/h2-5,13H,6-11H2,1H3,(H,16,17). The third kappa shape index (κ3) is 3.84. The van der Waals surface area contributed by atoms with Crippen LogP contribution in [-0.4, -0.2) is 25.7 Å². The van der Waals surface area contributed by atoms with Crippen LogP contribution in [0.3, 0.4) is 0 Å². The van der Waals surface area contributed by atoms with Crippen molar-refractivity contribution >= 4 is 5.91 Å². The summed E-state index contributed by atoms with van der Waals surface area (Å²) in [6, 6.07) is 7.68. The van der Waals surface area contributed by atoms with Crippen molar-refractivity contribution in [2.24, 2.45) is 5.92 Å². The molecular formula is C15H21NO2. The lowest BCUT2D eigenvalue weighted by Gasteiger charge is -2.21. The van der Waals surface area contributed by atoms with Crippen molar-refractivity contribution in [1.29, 1.82) is 0 Å². The van der Waals surface area contributed by atoms with E-state index in [2.05, 4.69) is 5.32 Å². The zero-order chi connectivity index (χ0) is 12.8. The number of benzene rings is 1. The Morgan fingerprint density at radius 1 is 1.28 bits per heavy atom. The number of carbonyl (C=O) groups is 1. The summed E-state index contributed by atoms with van der Waals surface area (Å²) in [7, 11) is 0. The fourth-order valence-electron chi connectivity index (χ4n) is 2.23. The summed E-state index contributed by atoms with van der Waals surface area (Å²) >= 11 is 0. The molecule has 18 heavy (non-hydrogen) atoms. The molecule has 1 saturated heterocycles. The fraction of sp³-hybridized carbons (Fsp3) is 0.533. The molecule has 0 bridgehead atoms. The minimum absolute atomic E-state index is 0.0297. The van der Waals surface area contributed by atoms with Gasteiger partial charge in [-0.2, -0.15) is 0 Å². The van der Waals surface area contributed by atoms with Gasteiger partial charge in [0.25, 0.3) is 5.91 Å². The van der Waals surface area contributed by atoms with E-state index in [0.29, 0.717) is 5.92 Å². The van der Waals surface area contributed by atoms with E-state index in [1.807, 2.05) is 31.2 Å². The van der Waals surface area contributed by atoms with Gasteiger partial charge in [0.05, 0.1) is 0 Å². The summed E-state index contributed by atoms with van der Waals surface area (Å²) in [5, 5.41) is 2.99. The summed E-state index contributed by atoms with van der Waals surface area (Å²) < 4.78 is 5.32. The predicted octanol–water partition coefficient (Wildman–Crippen LogP) is 2.54. The normalized spacial score (nSPS) is 16.5. The zero-order valence-corrected chi connectivity index (χ0v) is 10.9. The van der Waals surface area contributed by atoms with Crippen LogP contribution in [0.15, 0.2) is 24.3 Å². The molecular weight excluding hydrogens is 226 g/mol. The van der Waals surface area contributed by atoms with Gasteiger partial charge in [-0.1, -0.05) is 17.7 Å². The first kappa shape index (κ1) is 13.1. The Labute approximate surface area is 109 Å². The molecule has 1 aromatic rings. The van der Waals surface area contributed by atoms with Crippen LogP contribution < -0.4 is 5.32 Å². The van der Waals surface area contributed by atoms with Gasteiger partial charge in [-0.25, -0.2) is 0 Å². The second kappa shape index (κ2) is 6.55. The monoisotopic (exact) mass is 247 g/mol. The zero-order valence-electron chi connectivity index (χ0n) is 10.9. The summed E-state index contributed by atoms with van der Waals surface area (Å²) in [5.74, 6) is 0.735. The van der Waals surface area contributed by atoms with Gasteiger partial charge in [0.2, 0.25) is 0 Å². The molecule has 1 aliphatic rings. The maximum atomic E-state index is 11.9. The second-order valence-electron chi connectivity index (χ2n) is 4.97. The highest BCUT2D eigenvalue weighted by Crippen LogP contribution is 2.17. The van der Waals surface area contributed by atoms with E-state index in [1.165, 1.54) is 5.56 Å². The summed E-state index contributed by atoms with van der Waals surface area (Å²) in [6.07, 6.45) is 3.31. The highest BCUT2D eigenvalue weighted by molar-refractivity contribution is 5.94. The first-order valence-corrected chi connectivity index (χ1v) is 6.68. The summed E-state index contributed by atoms with van der Waals surface area (Å²) in [4.78, 5) is 11.9. The van der Waals surface area contributed by atoms with Crippen LogP contribution in [0.1, 0.15) is 35.2 Å². The van der Waals surface area contributed by atoms with Crippen LogP contribution in [0.2, 0.25) is 0 Å². The van der Waals surface area contributed by atoms with Crippen LogP contribution in [0.5, 0.6) is 0 Å². The van der Waals surface area contributed by atoms with Gasteiger partial charge in [-0.05, 0) is 44.2 Å². The van der Waals surface area contributed by atoms with Crippen LogP contribution in [-0.2, 0) is 4.74 Å². The van der Waals surface area contributed by atoms with E-state index >= 15 is 0 Å². The van der Waals surface area contributed by atoms with Gasteiger partial charge in [0.15, 0.2) is 0 Å². The first-order valence-electron chi connectivity index (χ1n) is 6.68. The fourth-order valence-corrected chi connectivity index (χ4v) is 2.23. The lowest BCUT2D eigenvalue weighted by Crippen LogP contribution is -2.27. The molecule has 98 valence electrons. The van der Waals surface area contributed by atoms with E-state index in [1.54, 1.807) is 0 Å². The molecule has 1 N–H and O–H groups in total. The molecule has 1 heterocycles. The number of amides is 1. The van der Waals surface area contributed by atoms with Gasteiger partial charge < -0.3 is 10.1 Å². The highest BCUT2D eigenvalue weighted by Gasteiger charge is 2.13. The van der Waals surface area contributed by atoms with Crippen molar-refractivity contribution in [3.63, 3.8) is 0 Å². The van der Waals surface area contributed by atoms with Crippen LogP contribution >= 0.6 is 0 Å². The van der Waals surface area contributed by atoms with Gasteiger partial charge in [-0.3, -0.25) is 4.79 Å². The van der Waals surface area contributed by atoms with Crippen molar-refractivity contribution in [3.05, 3.63) is 35.4 Å². The van der Waals surface area contributed by atoms with E-state index in [-0.39, 0.29) is 5.91 Å². The van der Waals surface area contributed by atoms with Gasteiger partial charge in [-0.15, -0.1) is 0 Å². The minimum Gasteiger partial charge on any atom is -0.381 e. The van der Waals surface area contributed by atoms with Crippen LogP contribution in [0, 0.1) is 12.8 Å². The second-order valence-corrected chi connectivity index (χ2v) is 4.97. The van der Waals surface area contributed by atoms with Crippen LogP contribution in [0.25, 0.3) is 0 Å². The van der Waals surface area contributed by atoms with E-state index in [4.69, 9.17) is 4.74 Å². The van der Waals surface area contributed by atoms with Gasteiger partial charge >= 0.3 is 0 Å². The molecule has 1 aromatic carbocycles. The third-order valence-corrected chi connectivity index (χ3v) is 3.49. The Morgan fingerprint density at radius 2 is 1.94 bits per heavy atom. The number of ether oxygens (including phenoxy) is 1. The van der Waals surface area contributed by atoms with Gasteiger partial charge in [0.1, 0.15) is 0 Å². The highest BCUT2D eigenvalue weighted by atomic mass is 16.5. The molecule has 1 aliphatic heterocycles. The average Bonchev–Trinajstić information content (AvgIpc) is 2.40. The Hall–Kier alpha value is -1.35. The molecule has 0 aromatic heterocycles. The van der Waals surface area contributed by atoms with Gasteiger partial charge in [0, 0.05) is 25.3 Å². The smallest absolute Gasteiger partial charge is 0.251 e. The Balaban J connectivity index is 1.72. The van der Waals surface area contributed by atoms with Crippen molar-refractivity contribution in [1.82, 2.24) is 5.32 Å². The number of nitrogens with one attached hydrogen (secondary N) is 1. The Kier molecular flexibility index (Phi) is 4.76. The largest absolute Gasteiger partial charge is 0.381 e. The van der Waals surface area contributed by atoms with E-state index < -0.39 is 0 Å². The Morgan fingerprint density at radius 3 is 2.61 bits per heavy atom. The summed E-state index contributed by atoms with van der Waals surface area (Å²) in [6.45, 7) is 4.53. The Bertz CT molecular complexity index is 380. The minimum atomic E-state index is 0.0297. The molecule has 1 fully saturated rings. The quantitative estimate of drug-likeness (QED) is 0.888. The number of hydrogen-bond acceptors (Lipinski definition) is 2. The molecule has 0 spiro atoms. The topological polar surface area (TPSA) is 38.3 Å². The average molecular weight is 247 g/mol. The number of rotatable bonds is 4. The summed E-state index contributed by atoms with van der Waals surface area (Å²) in [5.41, 5.74) is 1.92. The molecule has 2 rings (SSSR count). The molecule has 3 nitrogen and oxygen atoms in total. The van der Waals surface area contributed by atoms with Crippen LogP contribution in [0.4, 0.5) is 0 Å². The van der Waals surface area contributed by atoms with E-state index in [0.717, 1.165) is 44.6 Å². The molecule has 0 aliphatic carbocycles. The molecule has 0 atom stereocenters. The van der Waals surface area contributed by atoms with Crippen molar-refractivity contribution < 1.29 is 9.53 Å². The molecule has 0 unspecified atom stereocenters. The maximum absolute atomic E-state index is 11.9. The van der Waals surface area contributed by atoms with Crippen molar-refractivity contribution in [2.45, 2.75) is 26.2 Å². The lowest BCUT2D eigenvalue weighted by molar-refractivity contribution is 0.0636. The third-order valence-electron chi connectivity index (χ3n) is 3.49. The lowest BCUT2D eigenvalue weighted by atomic mass is 9.97. The SMILES string of the molecule is Cc1ccc(C(=O)NCCC2CCOCC2)cc1. The molecule has 3 heteroatoms. The van der Waals surface area contributed by atoms with Crippen molar-refractivity contribution in [3.8, 4) is 0 Å². The first-order chi connectivity index (χ1) is 8.75. The molecule has 1 amide bonds. The molecule has 0 saturated carbocycles. The number of carbonyl (C=O) groups excluding carboxylic acids is 1. The van der Waals surface area contributed by atoms with Crippen molar-refractivity contribution in [2.75, 3.05) is 19.8 Å². The van der Waals surface area contributed by atoms with E-state index in [9.17, 15) is 4.79 Å². The predicted molar refractivity (Wildman–Crippen MR) is 71.7 cm³/mol. The number of hydrogen-bond donors (Lipinski definition) is 1.